The Kier molecular flexibility index (Phi) is 6.47. The highest BCUT2D eigenvalue weighted by Crippen LogP contribution is 2.47. The lowest BCUT2D eigenvalue weighted by Crippen LogP contribution is -2.56. The number of Topliss-reactive ketones (excluding diaryl/α,β-unsaturated/α-hetero) is 2. The lowest BCUT2D eigenvalue weighted by molar-refractivity contribution is -0.164. The number of hydrogen-bond donors (Lipinski definition) is 0. The molecule has 8 atom stereocenters. The van der Waals surface area contributed by atoms with Crippen LogP contribution in [0.1, 0.15) is 39.5 Å². The highest BCUT2D eigenvalue weighted by atomic mass is 16.2. The number of hydrogen-bond acceptors (Lipinski definition) is 8. The average molecular weight is 502 g/mol. The van der Waals surface area contributed by atoms with E-state index in [2.05, 4.69) is 0 Å². The summed E-state index contributed by atoms with van der Waals surface area (Å²) in [5.41, 5.74) is 0. The normalized spacial score (nSPS) is 37.0. The number of amides is 6. The lowest BCUT2D eigenvalue weighted by Gasteiger charge is -2.42. The van der Waals surface area contributed by atoms with Crippen LogP contribution in [0.2, 0.25) is 0 Å². The fourth-order valence-corrected chi connectivity index (χ4v) is 6.59. The van der Waals surface area contributed by atoms with Crippen molar-refractivity contribution < 1.29 is 38.4 Å². The number of piperidine rings is 2. The van der Waals surface area contributed by atoms with Gasteiger partial charge in [-0.3, -0.25) is 53.1 Å². The number of fused-ring (bicyclic) bond motifs is 8. The number of likely N-dealkylation sites (tertiary alicyclic amines) is 2. The van der Waals surface area contributed by atoms with Crippen LogP contribution in [-0.2, 0) is 38.4 Å². The Hall–Kier alpha value is -3.24. The third-order valence-electron chi connectivity index (χ3n) is 8.88. The Balaban J connectivity index is 1.90. The van der Waals surface area contributed by atoms with Crippen molar-refractivity contribution in [1.29, 1.82) is 0 Å². The van der Waals surface area contributed by atoms with Crippen LogP contribution in [0.15, 0.2) is 0 Å². The second kappa shape index (κ2) is 9.01. The molecule has 2 saturated heterocycles. The van der Waals surface area contributed by atoms with E-state index in [-0.39, 0.29) is 31.5 Å². The predicted octanol–water partition coefficient (Wildman–Crippen LogP) is -0.336. The fraction of sp³-hybridized carbons (Fsp3) is 0.680. The van der Waals surface area contributed by atoms with E-state index in [4.69, 9.17) is 0 Å². The van der Waals surface area contributed by atoms with E-state index in [0.717, 1.165) is 14.7 Å². The molecule has 6 bridgehead atoms. The van der Waals surface area contributed by atoms with E-state index < -0.39 is 88.6 Å². The van der Waals surface area contributed by atoms with Gasteiger partial charge >= 0.3 is 0 Å². The van der Waals surface area contributed by atoms with Crippen molar-refractivity contribution in [1.82, 2.24) is 14.7 Å². The Morgan fingerprint density at radius 3 is 1.67 bits per heavy atom. The number of ketones is 2. The van der Waals surface area contributed by atoms with Crippen molar-refractivity contribution in [2.45, 2.75) is 39.5 Å². The van der Waals surface area contributed by atoms with Crippen LogP contribution < -0.4 is 0 Å². The molecule has 2 aliphatic heterocycles. The van der Waals surface area contributed by atoms with Gasteiger partial charge in [0.2, 0.25) is 35.4 Å². The summed E-state index contributed by atoms with van der Waals surface area (Å²) in [6.45, 7) is 2.67. The highest BCUT2D eigenvalue weighted by Gasteiger charge is 2.57. The molecule has 2 aliphatic carbocycles. The number of carbonyl (C=O) groups excluding carboxylic acids is 8. The highest BCUT2D eigenvalue weighted by molar-refractivity contribution is 6.11. The monoisotopic (exact) mass is 501 g/mol. The summed E-state index contributed by atoms with van der Waals surface area (Å²) in [7, 11) is 3.90. The standard InChI is InChI=1S/C25H31N3O8/c1-10-19(30)13-8-14(20(10)31)17-9-18(25(36)28(5)24(17)35)16(22(33)26(3)11(2)29)7-12-6-15(13)23(34)27(4)21(12)32/h10,12-18H,6-9H2,1-5H3. The van der Waals surface area contributed by atoms with Gasteiger partial charge in [-0.1, -0.05) is 0 Å². The zero-order valence-corrected chi connectivity index (χ0v) is 21.1. The minimum Gasteiger partial charge on any atom is -0.299 e. The number of rotatable bonds is 1. The molecular formula is C25H31N3O8. The Morgan fingerprint density at radius 1 is 0.694 bits per heavy atom. The van der Waals surface area contributed by atoms with Gasteiger partial charge in [-0.15, -0.1) is 0 Å². The van der Waals surface area contributed by atoms with Gasteiger partial charge in [0, 0.05) is 57.7 Å². The van der Waals surface area contributed by atoms with E-state index >= 15 is 0 Å². The third-order valence-corrected chi connectivity index (χ3v) is 8.88. The van der Waals surface area contributed by atoms with Crippen molar-refractivity contribution in [2.24, 2.45) is 47.3 Å². The number of carbonyl (C=O) groups is 8. The van der Waals surface area contributed by atoms with Gasteiger partial charge in [0.15, 0.2) is 0 Å². The van der Waals surface area contributed by atoms with Crippen LogP contribution in [0.4, 0.5) is 0 Å². The van der Waals surface area contributed by atoms with Crippen LogP contribution in [0.5, 0.6) is 0 Å². The van der Waals surface area contributed by atoms with Crippen LogP contribution >= 0.6 is 0 Å². The second-order valence-corrected chi connectivity index (χ2v) is 10.7. The largest absolute Gasteiger partial charge is 0.299 e. The lowest BCUT2D eigenvalue weighted by atomic mass is 9.62. The summed E-state index contributed by atoms with van der Waals surface area (Å²) in [5, 5.41) is 0. The topological polar surface area (TPSA) is 146 Å². The average Bonchev–Trinajstić information content (AvgIpc) is 2.86. The van der Waals surface area contributed by atoms with Gasteiger partial charge in [0.25, 0.3) is 0 Å². The third kappa shape index (κ3) is 3.79. The Labute approximate surface area is 208 Å². The zero-order chi connectivity index (χ0) is 26.8. The minimum atomic E-state index is -1.12. The first-order valence-electron chi connectivity index (χ1n) is 12.3. The van der Waals surface area contributed by atoms with Crippen molar-refractivity contribution in [2.75, 3.05) is 21.1 Å². The fourth-order valence-electron chi connectivity index (χ4n) is 6.59. The first-order valence-corrected chi connectivity index (χ1v) is 12.3. The van der Waals surface area contributed by atoms with E-state index in [9.17, 15) is 38.4 Å². The van der Waals surface area contributed by atoms with Crippen molar-refractivity contribution in [3.05, 3.63) is 0 Å². The summed E-state index contributed by atoms with van der Waals surface area (Å²) in [6, 6.07) is 0. The van der Waals surface area contributed by atoms with Gasteiger partial charge < -0.3 is 0 Å². The van der Waals surface area contributed by atoms with Crippen LogP contribution in [0.25, 0.3) is 0 Å². The molecule has 0 aromatic heterocycles. The molecule has 2 heterocycles. The summed E-state index contributed by atoms with van der Waals surface area (Å²) in [5.74, 6) is -11.9. The van der Waals surface area contributed by atoms with Crippen molar-refractivity contribution in [3.8, 4) is 0 Å². The molecule has 0 aromatic carbocycles. The van der Waals surface area contributed by atoms with Gasteiger partial charge in [-0.25, -0.2) is 0 Å². The first kappa shape index (κ1) is 25.8. The molecule has 0 radical (unpaired) electrons. The van der Waals surface area contributed by atoms with Gasteiger partial charge in [-0.05, 0) is 32.6 Å². The maximum Gasteiger partial charge on any atom is 0.232 e. The van der Waals surface area contributed by atoms with Crippen molar-refractivity contribution >= 4 is 47.0 Å². The SMILES string of the molecule is CC(=O)N(C)C(=O)C1CC2CC(C(=O)N(C)C2=O)C2CC(C(=O)C(C)C2=O)C2CC1C(=O)N(C)C2=O. The summed E-state index contributed by atoms with van der Waals surface area (Å²) in [6.07, 6.45) is -0.257. The zero-order valence-electron chi connectivity index (χ0n) is 21.1. The number of imide groups is 3. The second-order valence-electron chi connectivity index (χ2n) is 10.7. The molecule has 36 heavy (non-hydrogen) atoms. The summed E-state index contributed by atoms with van der Waals surface area (Å²) in [4.78, 5) is 108. The van der Waals surface area contributed by atoms with Crippen LogP contribution in [0.3, 0.4) is 0 Å². The smallest absolute Gasteiger partial charge is 0.232 e. The molecule has 11 nitrogen and oxygen atoms in total. The first-order chi connectivity index (χ1) is 16.8. The molecule has 6 amide bonds. The molecule has 11 heteroatoms. The van der Waals surface area contributed by atoms with Gasteiger partial charge in [0.1, 0.15) is 11.6 Å². The molecule has 4 fully saturated rings. The molecule has 2 saturated carbocycles. The summed E-state index contributed by atoms with van der Waals surface area (Å²) < 4.78 is 0. The maximum absolute atomic E-state index is 13.5. The molecule has 4 aliphatic rings. The van der Waals surface area contributed by atoms with Crippen LogP contribution in [-0.4, -0.2) is 82.9 Å². The number of nitrogens with zero attached hydrogens (tertiary/aromatic N) is 3. The molecule has 194 valence electrons. The Morgan fingerprint density at radius 2 is 1.14 bits per heavy atom. The van der Waals surface area contributed by atoms with Crippen molar-refractivity contribution in [3.63, 3.8) is 0 Å². The quantitative estimate of drug-likeness (QED) is 0.350. The molecule has 0 spiro atoms. The van der Waals surface area contributed by atoms with E-state index in [1.165, 1.54) is 35.0 Å². The molecule has 8 unspecified atom stereocenters. The minimum absolute atomic E-state index is 0.00499. The predicted molar refractivity (Wildman–Crippen MR) is 121 cm³/mol. The maximum atomic E-state index is 13.5. The van der Waals surface area contributed by atoms with E-state index in [0.29, 0.717) is 0 Å². The molecular weight excluding hydrogens is 470 g/mol. The van der Waals surface area contributed by atoms with E-state index in [1.807, 2.05) is 0 Å². The van der Waals surface area contributed by atoms with Gasteiger partial charge in [0.05, 0.1) is 17.8 Å². The molecule has 0 aromatic rings. The Bertz CT molecular complexity index is 1100. The summed E-state index contributed by atoms with van der Waals surface area (Å²) >= 11 is 0. The molecule has 0 N–H and O–H groups in total. The van der Waals surface area contributed by atoms with Crippen LogP contribution in [0, 0.1) is 47.3 Å². The van der Waals surface area contributed by atoms with E-state index in [1.54, 1.807) is 0 Å². The molecule has 4 rings (SSSR count). The van der Waals surface area contributed by atoms with Gasteiger partial charge in [-0.2, -0.15) is 0 Å².